The summed E-state index contributed by atoms with van der Waals surface area (Å²) < 4.78 is 5.51. The highest BCUT2D eigenvalue weighted by atomic mass is 16.5. The largest absolute Gasteiger partial charge is 0.490 e. The van der Waals surface area contributed by atoms with Crippen LogP contribution < -0.4 is 20.3 Å². The van der Waals surface area contributed by atoms with Gasteiger partial charge < -0.3 is 20.3 Å². The van der Waals surface area contributed by atoms with Crippen molar-refractivity contribution in [3.63, 3.8) is 0 Å². The molecular formula is C15H17N3O4. The van der Waals surface area contributed by atoms with Crippen LogP contribution in [0.15, 0.2) is 18.2 Å². The van der Waals surface area contributed by atoms with E-state index in [0.29, 0.717) is 43.1 Å². The first-order chi connectivity index (χ1) is 10.5. The zero-order valence-electron chi connectivity index (χ0n) is 12.2. The zero-order chi connectivity index (χ0) is 15.7. The second-order valence-electron chi connectivity index (χ2n) is 5.35. The summed E-state index contributed by atoms with van der Waals surface area (Å²) in [5.74, 6) is 0.184. The van der Waals surface area contributed by atoms with Gasteiger partial charge in [0, 0.05) is 19.0 Å². The summed E-state index contributed by atoms with van der Waals surface area (Å²) in [5.41, 5.74) is 1.22. The molecule has 1 aromatic carbocycles. The van der Waals surface area contributed by atoms with E-state index < -0.39 is 6.04 Å². The van der Waals surface area contributed by atoms with Crippen LogP contribution in [0.5, 0.6) is 5.75 Å². The summed E-state index contributed by atoms with van der Waals surface area (Å²) in [5, 5.41) is 5.39. The number of hydrogen-bond donors (Lipinski definition) is 2. The first-order valence-electron chi connectivity index (χ1n) is 7.20. The third kappa shape index (κ3) is 2.74. The monoisotopic (exact) mass is 303 g/mol. The number of amides is 3. The van der Waals surface area contributed by atoms with Crippen molar-refractivity contribution in [2.24, 2.45) is 0 Å². The minimum absolute atomic E-state index is 0.0731. The molecule has 116 valence electrons. The molecule has 2 aliphatic rings. The molecule has 2 aliphatic heterocycles. The number of carbonyl (C=O) groups excluding carboxylic acids is 3. The first-order valence-corrected chi connectivity index (χ1v) is 7.20. The highest BCUT2D eigenvalue weighted by molar-refractivity contribution is 6.00. The first kappa shape index (κ1) is 14.4. The number of ether oxygens (including phenoxy) is 1. The fraction of sp³-hybridized carbons (Fsp3) is 0.400. The SMILES string of the molecule is CC(=O)N1CCOc2ccc(NC(=O)C3CCC(=O)N3)cc21. The van der Waals surface area contributed by atoms with E-state index in [9.17, 15) is 14.4 Å². The second-order valence-corrected chi connectivity index (χ2v) is 5.35. The lowest BCUT2D eigenvalue weighted by atomic mass is 10.2. The quantitative estimate of drug-likeness (QED) is 0.839. The Bertz CT molecular complexity index is 644. The molecule has 1 fully saturated rings. The van der Waals surface area contributed by atoms with Crippen molar-refractivity contribution < 1.29 is 19.1 Å². The van der Waals surface area contributed by atoms with Crippen LogP contribution in [0, 0.1) is 0 Å². The summed E-state index contributed by atoms with van der Waals surface area (Å²) in [6.07, 6.45) is 0.868. The topological polar surface area (TPSA) is 87.7 Å². The molecule has 1 aromatic rings. The standard InChI is InChI=1S/C15H17N3O4/c1-9(19)18-6-7-22-13-4-2-10(8-12(13)18)16-15(21)11-3-5-14(20)17-11/h2,4,8,11H,3,5-7H2,1H3,(H,16,21)(H,17,20). The van der Waals surface area contributed by atoms with Gasteiger partial charge in [0.15, 0.2) is 0 Å². The lowest BCUT2D eigenvalue weighted by Gasteiger charge is -2.29. The Morgan fingerprint density at radius 3 is 2.91 bits per heavy atom. The minimum atomic E-state index is -0.497. The lowest BCUT2D eigenvalue weighted by molar-refractivity contribution is -0.122. The van der Waals surface area contributed by atoms with Gasteiger partial charge in [-0.25, -0.2) is 0 Å². The van der Waals surface area contributed by atoms with Crippen molar-refractivity contribution in [1.29, 1.82) is 0 Å². The average molecular weight is 303 g/mol. The van der Waals surface area contributed by atoms with Crippen LogP contribution in [0.3, 0.4) is 0 Å². The second kappa shape index (κ2) is 5.67. The summed E-state index contributed by atoms with van der Waals surface area (Å²) in [6.45, 7) is 2.43. The Morgan fingerprint density at radius 1 is 1.41 bits per heavy atom. The van der Waals surface area contributed by atoms with Crippen molar-refractivity contribution in [3.05, 3.63) is 18.2 Å². The van der Waals surface area contributed by atoms with Gasteiger partial charge in [-0.05, 0) is 24.6 Å². The fourth-order valence-electron chi connectivity index (χ4n) is 2.66. The van der Waals surface area contributed by atoms with E-state index in [-0.39, 0.29) is 17.7 Å². The van der Waals surface area contributed by atoms with Gasteiger partial charge in [-0.15, -0.1) is 0 Å². The molecule has 2 heterocycles. The lowest BCUT2D eigenvalue weighted by Crippen LogP contribution is -2.38. The molecule has 0 aromatic heterocycles. The number of hydrogen-bond acceptors (Lipinski definition) is 4. The molecule has 0 radical (unpaired) electrons. The maximum atomic E-state index is 12.1. The number of nitrogens with zero attached hydrogens (tertiary/aromatic N) is 1. The Labute approximate surface area is 127 Å². The Kier molecular flexibility index (Phi) is 3.70. The van der Waals surface area contributed by atoms with E-state index in [1.807, 2.05) is 0 Å². The Hall–Kier alpha value is -2.57. The van der Waals surface area contributed by atoms with E-state index in [4.69, 9.17) is 4.74 Å². The highest BCUT2D eigenvalue weighted by Crippen LogP contribution is 2.34. The van der Waals surface area contributed by atoms with Crippen LogP contribution in [0.1, 0.15) is 19.8 Å². The minimum Gasteiger partial charge on any atom is -0.490 e. The van der Waals surface area contributed by atoms with E-state index in [1.54, 1.807) is 23.1 Å². The van der Waals surface area contributed by atoms with Crippen molar-refractivity contribution in [2.75, 3.05) is 23.4 Å². The van der Waals surface area contributed by atoms with E-state index in [0.717, 1.165) is 0 Å². The number of rotatable bonds is 2. The van der Waals surface area contributed by atoms with Crippen LogP contribution >= 0.6 is 0 Å². The van der Waals surface area contributed by atoms with Gasteiger partial charge in [0.2, 0.25) is 17.7 Å². The van der Waals surface area contributed by atoms with E-state index in [2.05, 4.69) is 10.6 Å². The van der Waals surface area contributed by atoms with Gasteiger partial charge in [-0.3, -0.25) is 14.4 Å². The molecule has 7 heteroatoms. The molecule has 1 atom stereocenters. The van der Waals surface area contributed by atoms with Gasteiger partial charge in [-0.1, -0.05) is 0 Å². The molecule has 0 bridgehead atoms. The van der Waals surface area contributed by atoms with E-state index >= 15 is 0 Å². The number of nitrogens with one attached hydrogen (secondary N) is 2. The van der Waals surface area contributed by atoms with Crippen molar-refractivity contribution in [3.8, 4) is 5.75 Å². The molecule has 0 saturated carbocycles. The molecule has 3 amide bonds. The van der Waals surface area contributed by atoms with Crippen molar-refractivity contribution in [1.82, 2.24) is 5.32 Å². The van der Waals surface area contributed by atoms with Gasteiger partial charge in [-0.2, -0.15) is 0 Å². The van der Waals surface area contributed by atoms with Gasteiger partial charge in [0.25, 0.3) is 0 Å². The van der Waals surface area contributed by atoms with Crippen LogP contribution in [0.4, 0.5) is 11.4 Å². The fourth-order valence-corrected chi connectivity index (χ4v) is 2.66. The van der Waals surface area contributed by atoms with Crippen molar-refractivity contribution in [2.45, 2.75) is 25.8 Å². The number of carbonyl (C=O) groups is 3. The molecule has 0 aliphatic carbocycles. The molecule has 7 nitrogen and oxygen atoms in total. The summed E-state index contributed by atoms with van der Waals surface area (Å²) in [4.78, 5) is 36.6. The molecule has 22 heavy (non-hydrogen) atoms. The van der Waals surface area contributed by atoms with Crippen LogP contribution in [-0.4, -0.2) is 36.9 Å². The van der Waals surface area contributed by atoms with Crippen LogP contribution in [0.2, 0.25) is 0 Å². The number of fused-ring (bicyclic) bond motifs is 1. The smallest absolute Gasteiger partial charge is 0.246 e. The normalized spacial score (nSPS) is 20.0. The van der Waals surface area contributed by atoms with Gasteiger partial charge >= 0.3 is 0 Å². The third-order valence-electron chi connectivity index (χ3n) is 3.78. The molecular weight excluding hydrogens is 286 g/mol. The van der Waals surface area contributed by atoms with Crippen LogP contribution in [-0.2, 0) is 14.4 Å². The summed E-state index contributed by atoms with van der Waals surface area (Å²) >= 11 is 0. The number of anilines is 2. The van der Waals surface area contributed by atoms with Crippen molar-refractivity contribution >= 4 is 29.1 Å². The maximum absolute atomic E-state index is 12.1. The summed E-state index contributed by atoms with van der Waals surface area (Å²) in [6, 6.07) is 4.67. The third-order valence-corrected chi connectivity index (χ3v) is 3.78. The summed E-state index contributed by atoms with van der Waals surface area (Å²) in [7, 11) is 0. The highest BCUT2D eigenvalue weighted by Gasteiger charge is 2.28. The predicted octanol–water partition coefficient (Wildman–Crippen LogP) is 0.649. The number of benzene rings is 1. The molecule has 2 N–H and O–H groups in total. The van der Waals surface area contributed by atoms with Crippen LogP contribution in [0.25, 0.3) is 0 Å². The molecule has 0 spiro atoms. The Morgan fingerprint density at radius 2 is 2.23 bits per heavy atom. The predicted molar refractivity (Wildman–Crippen MR) is 79.8 cm³/mol. The maximum Gasteiger partial charge on any atom is 0.246 e. The zero-order valence-corrected chi connectivity index (χ0v) is 12.2. The molecule has 1 saturated heterocycles. The van der Waals surface area contributed by atoms with E-state index in [1.165, 1.54) is 6.92 Å². The Balaban J connectivity index is 1.78. The molecule has 3 rings (SSSR count). The average Bonchev–Trinajstić information content (AvgIpc) is 2.93. The van der Waals surface area contributed by atoms with Gasteiger partial charge in [0.1, 0.15) is 18.4 Å². The molecule has 1 unspecified atom stereocenters. The van der Waals surface area contributed by atoms with Gasteiger partial charge in [0.05, 0.1) is 12.2 Å².